The first-order chi connectivity index (χ1) is 10.0. The fraction of sp³-hybridized carbons (Fsp3) is 0.188. The fourth-order valence-corrected chi connectivity index (χ4v) is 2.80. The Balaban J connectivity index is 2.14. The largest absolute Gasteiger partial charge is 0.332 e. The summed E-state index contributed by atoms with van der Waals surface area (Å²) in [6, 6.07) is 11.8. The standard InChI is InChI=1S/C16H16BrClN2S/c1-3-11-9-12(17)7-8-15(11)20-16(21)19-14-6-4-5-13(18)10(14)2/h4-9H,3H2,1-2H3,(H2,19,20,21). The van der Waals surface area contributed by atoms with E-state index in [-0.39, 0.29) is 0 Å². The first kappa shape index (κ1) is 16.3. The van der Waals surface area contributed by atoms with E-state index in [2.05, 4.69) is 39.6 Å². The van der Waals surface area contributed by atoms with Gasteiger partial charge in [-0.15, -0.1) is 0 Å². The Bertz CT molecular complexity index is 673. The molecule has 0 amide bonds. The van der Waals surface area contributed by atoms with Gasteiger partial charge in [0.25, 0.3) is 0 Å². The van der Waals surface area contributed by atoms with Gasteiger partial charge >= 0.3 is 0 Å². The van der Waals surface area contributed by atoms with Gasteiger partial charge in [-0.1, -0.05) is 40.5 Å². The SMILES string of the molecule is CCc1cc(Br)ccc1NC(=S)Nc1cccc(Cl)c1C. The normalized spacial score (nSPS) is 10.3. The molecule has 2 aromatic rings. The van der Waals surface area contributed by atoms with Gasteiger partial charge in [0.15, 0.2) is 5.11 Å². The maximum absolute atomic E-state index is 6.11. The lowest BCUT2D eigenvalue weighted by Crippen LogP contribution is -2.20. The van der Waals surface area contributed by atoms with E-state index in [1.54, 1.807) is 0 Å². The zero-order valence-corrected chi connectivity index (χ0v) is 15.0. The van der Waals surface area contributed by atoms with E-state index in [1.165, 1.54) is 5.56 Å². The molecule has 2 aromatic carbocycles. The van der Waals surface area contributed by atoms with Gasteiger partial charge in [-0.05, 0) is 67.0 Å². The zero-order valence-electron chi connectivity index (χ0n) is 11.8. The van der Waals surface area contributed by atoms with E-state index in [0.29, 0.717) is 5.11 Å². The molecular weight excluding hydrogens is 368 g/mol. The van der Waals surface area contributed by atoms with Crippen molar-refractivity contribution >= 4 is 56.2 Å². The van der Waals surface area contributed by atoms with Crippen molar-refractivity contribution in [2.24, 2.45) is 0 Å². The van der Waals surface area contributed by atoms with Crippen LogP contribution in [0.5, 0.6) is 0 Å². The van der Waals surface area contributed by atoms with Crippen LogP contribution in [-0.4, -0.2) is 5.11 Å². The Labute approximate surface area is 144 Å². The molecule has 110 valence electrons. The maximum atomic E-state index is 6.11. The molecule has 0 fully saturated rings. The lowest BCUT2D eigenvalue weighted by Gasteiger charge is -2.15. The molecule has 0 heterocycles. The third-order valence-corrected chi connectivity index (χ3v) is 4.32. The van der Waals surface area contributed by atoms with Crippen LogP contribution in [0.3, 0.4) is 0 Å². The highest BCUT2D eigenvalue weighted by Crippen LogP contribution is 2.24. The summed E-state index contributed by atoms with van der Waals surface area (Å²) in [5.74, 6) is 0. The van der Waals surface area contributed by atoms with Crippen LogP contribution in [0.25, 0.3) is 0 Å². The molecule has 0 unspecified atom stereocenters. The minimum absolute atomic E-state index is 0.553. The minimum Gasteiger partial charge on any atom is -0.332 e. The Morgan fingerprint density at radius 2 is 1.90 bits per heavy atom. The molecule has 2 N–H and O–H groups in total. The van der Waals surface area contributed by atoms with Gasteiger partial charge in [-0.3, -0.25) is 0 Å². The lowest BCUT2D eigenvalue weighted by atomic mass is 10.1. The molecule has 0 saturated carbocycles. The number of nitrogens with one attached hydrogen (secondary N) is 2. The lowest BCUT2D eigenvalue weighted by molar-refractivity contribution is 1.14. The second-order valence-corrected chi connectivity index (χ2v) is 6.38. The molecule has 5 heteroatoms. The second kappa shape index (κ2) is 7.25. The highest BCUT2D eigenvalue weighted by atomic mass is 79.9. The topological polar surface area (TPSA) is 24.1 Å². The van der Waals surface area contributed by atoms with Crippen molar-refractivity contribution < 1.29 is 0 Å². The maximum Gasteiger partial charge on any atom is 0.175 e. The molecule has 21 heavy (non-hydrogen) atoms. The predicted octanol–water partition coefficient (Wildman–Crippen LogP) is 5.78. The number of rotatable bonds is 3. The Morgan fingerprint density at radius 1 is 1.19 bits per heavy atom. The van der Waals surface area contributed by atoms with E-state index in [4.69, 9.17) is 23.8 Å². The van der Waals surface area contributed by atoms with Crippen LogP contribution in [0.2, 0.25) is 5.02 Å². The summed E-state index contributed by atoms with van der Waals surface area (Å²) in [5, 5.41) is 7.71. The van der Waals surface area contributed by atoms with E-state index < -0.39 is 0 Å². The predicted molar refractivity (Wildman–Crippen MR) is 99.6 cm³/mol. The minimum atomic E-state index is 0.553. The van der Waals surface area contributed by atoms with Crippen LogP contribution in [0, 0.1) is 6.92 Å². The van der Waals surface area contributed by atoms with Crippen molar-refractivity contribution in [1.29, 1.82) is 0 Å². The van der Waals surface area contributed by atoms with Gasteiger partial charge in [0.1, 0.15) is 0 Å². The Kier molecular flexibility index (Phi) is 5.62. The van der Waals surface area contributed by atoms with Crippen molar-refractivity contribution in [2.75, 3.05) is 10.6 Å². The molecule has 0 aliphatic carbocycles. The third kappa shape index (κ3) is 4.19. The molecule has 2 nitrogen and oxygen atoms in total. The van der Waals surface area contributed by atoms with Crippen molar-refractivity contribution in [2.45, 2.75) is 20.3 Å². The summed E-state index contributed by atoms with van der Waals surface area (Å²) in [6.07, 6.45) is 0.931. The molecule has 0 aromatic heterocycles. The molecule has 0 bridgehead atoms. The monoisotopic (exact) mass is 382 g/mol. The smallest absolute Gasteiger partial charge is 0.175 e. The summed E-state index contributed by atoms with van der Waals surface area (Å²) in [4.78, 5) is 0. The average Bonchev–Trinajstić information content (AvgIpc) is 2.45. The number of aryl methyl sites for hydroxylation is 1. The first-order valence-electron chi connectivity index (χ1n) is 6.62. The molecule has 0 atom stereocenters. The van der Waals surface area contributed by atoms with E-state index >= 15 is 0 Å². The van der Waals surface area contributed by atoms with Crippen molar-refractivity contribution in [3.63, 3.8) is 0 Å². The molecular formula is C16H16BrClN2S. The van der Waals surface area contributed by atoms with Crippen LogP contribution in [0.1, 0.15) is 18.1 Å². The van der Waals surface area contributed by atoms with E-state index in [1.807, 2.05) is 37.3 Å². The molecule has 0 aliphatic rings. The van der Waals surface area contributed by atoms with Crippen LogP contribution >= 0.6 is 39.7 Å². The quantitative estimate of drug-likeness (QED) is 0.657. The molecule has 0 saturated heterocycles. The van der Waals surface area contributed by atoms with Gasteiger partial charge in [-0.2, -0.15) is 0 Å². The number of anilines is 2. The van der Waals surface area contributed by atoms with Crippen molar-refractivity contribution in [1.82, 2.24) is 0 Å². The van der Waals surface area contributed by atoms with Gasteiger partial charge in [0, 0.05) is 20.9 Å². The Morgan fingerprint density at radius 3 is 2.62 bits per heavy atom. The fourth-order valence-electron chi connectivity index (χ4n) is 2.00. The summed E-state index contributed by atoms with van der Waals surface area (Å²) in [7, 11) is 0. The first-order valence-corrected chi connectivity index (χ1v) is 8.20. The number of hydrogen-bond donors (Lipinski definition) is 2. The molecule has 0 spiro atoms. The van der Waals surface area contributed by atoms with Crippen LogP contribution in [0.4, 0.5) is 11.4 Å². The Hall–Kier alpha value is -1.10. The van der Waals surface area contributed by atoms with E-state index in [0.717, 1.165) is 32.9 Å². The van der Waals surface area contributed by atoms with Crippen LogP contribution < -0.4 is 10.6 Å². The van der Waals surface area contributed by atoms with Crippen LogP contribution in [0.15, 0.2) is 40.9 Å². The summed E-state index contributed by atoms with van der Waals surface area (Å²) in [5.41, 5.74) is 4.11. The summed E-state index contributed by atoms with van der Waals surface area (Å²) < 4.78 is 1.06. The zero-order chi connectivity index (χ0) is 15.4. The number of benzene rings is 2. The molecule has 2 rings (SSSR count). The summed E-state index contributed by atoms with van der Waals surface area (Å²) in [6.45, 7) is 4.08. The van der Waals surface area contributed by atoms with Crippen molar-refractivity contribution in [3.8, 4) is 0 Å². The van der Waals surface area contributed by atoms with Gasteiger partial charge in [0.05, 0.1) is 0 Å². The molecule has 0 radical (unpaired) electrons. The second-order valence-electron chi connectivity index (χ2n) is 4.65. The highest BCUT2D eigenvalue weighted by molar-refractivity contribution is 9.10. The van der Waals surface area contributed by atoms with E-state index in [9.17, 15) is 0 Å². The van der Waals surface area contributed by atoms with Gasteiger partial charge < -0.3 is 10.6 Å². The van der Waals surface area contributed by atoms with Crippen molar-refractivity contribution in [3.05, 3.63) is 57.0 Å². The van der Waals surface area contributed by atoms with Crippen LogP contribution in [-0.2, 0) is 6.42 Å². The number of hydrogen-bond acceptors (Lipinski definition) is 1. The summed E-state index contributed by atoms with van der Waals surface area (Å²) >= 11 is 15.0. The average molecular weight is 384 g/mol. The molecule has 0 aliphatic heterocycles. The van der Waals surface area contributed by atoms with Gasteiger partial charge in [0.2, 0.25) is 0 Å². The van der Waals surface area contributed by atoms with Gasteiger partial charge in [-0.25, -0.2) is 0 Å². The number of thiocarbonyl (C=S) groups is 1. The highest BCUT2D eigenvalue weighted by Gasteiger charge is 2.06. The number of halogens is 2. The third-order valence-electron chi connectivity index (χ3n) is 3.21.